The minimum atomic E-state index is 0.198. The van der Waals surface area contributed by atoms with Crippen molar-refractivity contribution in [2.45, 2.75) is 33.4 Å². The molecule has 106 valence electrons. The Morgan fingerprint density at radius 3 is 2.55 bits per heavy atom. The molecule has 0 bridgehead atoms. The number of aryl methyl sites for hydroxylation is 1. The number of nitrogens with one attached hydrogen (secondary N) is 1. The van der Waals surface area contributed by atoms with E-state index < -0.39 is 0 Å². The van der Waals surface area contributed by atoms with Crippen molar-refractivity contribution in [1.29, 1.82) is 0 Å². The van der Waals surface area contributed by atoms with Crippen molar-refractivity contribution < 1.29 is 4.74 Å². The highest BCUT2D eigenvalue weighted by Gasteiger charge is 2.05. The van der Waals surface area contributed by atoms with Crippen LogP contribution in [0, 0.1) is 6.92 Å². The molecule has 2 rings (SSSR count). The summed E-state index contributed by atoms with van der Waals surface area (Å²) in [6.07, 6.45) is 0.198. The first-order chi connectivity index (χ1) is 9.60. The summed E-state index contributed by atoms with van der Waals surface area (Å²) >= 11 is 0. The predicted molar refractivity (Wildman–Crippen MR) is 85.1 cm³/mol. The fraction of sp³-hybridized carbons (Fsp3) is 0.333. The first kappa shape index (κ1) is 14.6. The summed E-state index contributed by atoms with van der Waals surface area (Å²) in [6.45, 7) is 7.15. The lowest BCUT2D eigenvalue weighted by Gasteiger charge is -2.13. The van der Waals surface area contributed by atoms with Gasteiger partial charge in [-0.1, -0.05) is 30.3 Å². The van der Waals surface area contributed by atoms with E-state index >= 15 is 0 Å². The van der Waals surface area contributed by atoms with E-state index in [9.17, 15) is 0 Å². The Kier molecular flexibility index (Phi) is 4.80. The van der Waals surface area contributed by atoms with Crippen molar-refractivity contribution >= 4 is 0 Å². The van der Waals surface area contributed by atoms with Crippen LogP contribution in [-0.4, -0.2) is 13.2 Å². The van der Waals surface area contributed by atoms with E-state index in [1.165, 1.54) is 22.3 Å². The maximum atomic E-state index is 5.77. The molecule has 0 aromatic heterocycles. The van der Waals surface area contributed by atoms with E-state index in [1.807, 2.05) is 33.0 Å². The number of hydrogen-bond acceptors (Lipinski definition) is 2. The van der Waals surface area contributed by atoms with Gasteiger partial charge in [-0.2, -0.15) is 0 Å². The number of rotatable bonds is 5. The largest absolute Gasteiger partial charge is 0.491 e. The van der Waals surface area contributed by atoms with Gasteiger partial charge < -0.3 is 10.1 Å². The summed E-state index contributed by atoms with van der Waals surface area (Å²) < 4.78 is 5.77. The second kappa shape index (κ2) is 6.58. The quantitative estimate of drug-likeness (QED) is 0.879. The molecule has 2 heteroatoms. The van der Waals surface area contributed by atoms with Crippen LogP contribution in [0.5, 0.6) is 5.75 Å². The molecule has 2 aromatic carbocycles. The van der Waals surface area contributed by atoms with Crippen LogP contribution in [0.3, 0.4) is 0 Å². The highest BCUT2D eigenvalue weighted by molar-refractivity contribution is 5.68. The average Bonchev–Trinajstić information content (AvgIpc) is 2.38. The molecule has 0 aliphatic rings. The van der Waals surface area contributed by atoms with Gasteiger partial charge in [0, 0.05) is 6.54 Å². The van der Waals surface area contributed by atoms with E-state index in [-0.39, 0.29) is 6.10 Å². The molecular weight excluding hydrogens is 246 g/mol. The molecular formula is C18H23NO. The van der Waals surface area contributed by atoms with E-state index in [4.69, 9.17) is 4.74 Å². The summed E-state index contributed by atoms with van der Waals surface area (Å²) in [6, 6.07) is 14.9. The van der Waals surface area contributed by atoms with Gasteiger partial charge in [0.05, 0.1) is 6.10 Å². The van der Waals surface area contributed by atoms with E-state index in [2.05, 4.69) is 42.6 Å². The molecule has 1 N–H and O–H groups in total. The van der Waals surface area contributed by atoms with Gasteiger partial charge in [-0.3, -0.25) is 0 Å². The van der Waals surface area contributed by atoms with E-state index in [1.54, 1.807) is 0 Å². The van der Waals surface area contributed by atoms with Crippen LogP contribution in [0.2, 0.25) is 0 Å². The van der Waals surface area contributed by atoms with Crippen molar-refractivity contribution in [2.24, 2.45) is 0 Å². The Morgan fingerprint density at radius 1 is 1.10 bits per heavy atom. The lowest BCUT2D eigenvalue weighted by atomic mass is 9.98. The summed E-state index contributed by atoms with van der Waals surface area (Å²) in [7, 11) is 1.97. The topological polar surface area (TPSA) is 21.3 Å². The van der Waals surface area contributed by atoms with Gasteiger partial charge in [0.1, 0.15) is 5.75 Å². The van der Waals surface area contributed by atoms with Gasteiger partial charge in [-0.05, 0) is 62.2 Å². The second-order valence-corrected chi connectivity index (χ2v) is 5.37. The van der Waals surface area contributed by atoms with Crippen LogP contribution in [0.1, 0.15) is 25.0 Å². The Hall–Kier alpha value is -1.80. The zero-order valence-corrected chi connectivity index (χ0v) is 12.7. The summed E-state index contributed by atoms with van der Waals surface area (Å²) in [4.78, 5) is 0. The highest BCUT2D eigenvalue weighted by atomic mass is 16.5. The Labute approximate surface area is 121 Å². The molecule has 0 radical (unpaired) electrons. The standard InChI is InChI=1S/C18H23NO/c1-13(2)20-17-7-5-6-16(11-17)18-9-8-15(12-19-4)10-14(18)3/h5-11,13,19H,12H2,1-4H3. The number of ether oxygens (including phenoxy) is 1. The van der Waals surface area contributed by atoms with Crippen LogP contribution >= 0.6 is 0 Å². The highest BCUT2D eigenvalue weighted by Crippen LogP contribution is 2.27. The predicted octanol–water partition coefficient (Wildman–Crippen LogP) is 4.17. The van der Waals surface area contributed by atoms with Gasteiger partial charge >= 0.3 is 0 Å². The molecule has 0 unspecified atom stereocenters. The Balaban J connectivity index is 2.31. The average molecular weight is 269 g/mol. The van der Waals surface area contributed by atoms with Crippen molar-refractivity contribution in [3.63, 3.8) is 0 Å². The maximum Gasteiger partial charge on any atom is 0.120 e. The second-order valence-electron chi connectivity index (χ2n) is 5.37. The van der Waals surface area contributed by atoms with E-state index in [0.29, 0.717) is 0 Å². The third-order valence-corrected chi connectivity index (χ3v) is 3.19. The molecule has 2 nitrogen and oxygen atoms in total. The Morgan fingerprint density at radius 2 is 1.90 bits per heavy atom. The van der Waals surface area contributed by atoms with Crippen molar-refractivity contribution in [1.82, 2.24) is 5.32 Å². The molecule has 20 heavy (non-hydrogen) atoms. The lowest BCUT2D eigenvalue weighted by molar-refractivity contribution is 0.242. The molecule has 0 aliphatic carbocycles. The molecule has 0 heterocycles. The van der Waals surface area contributed by atoms with Gasteiger partial charge in [-0.15, -0.1) is 0 Å². The van der Waals surface area contributed by atoms with Crippen LogP contribution in [0.25, 0.3) is 11.1 Å². The van der Waals surface area contributed by atoms with Crippen LogP contribution in [0.15, 0.2) is 42.5 Å². The van der Waals surface area contributed by atoms with Gasteiger partial charge in [0.25, 0.3) is 0 Å². The Bertz CT molecular complexity index is 575. The molecule has 0 atom stereocenters. The van der Waals surface area contributed by atoms with Gasteiger partial charge in [0.15, 0.2) is 0 Å². The fourth-order valence-corrected chi connectivity index (χ4v) is 2.37. The van der Waals surface area contributed by atoms with Gasteiger partial charge in [0.2, 0.25) is 0 Å². The number of hydrogen-bond donors (Lipinski definition) is 1. The van der Waals surface area contributed by atoms with Gasteiger partial charge in [-0.25, -0.2) is 0 Å². The SMILES string of the molecule is CNCc1ccc(-c2cccc(OC(C)C)c2)c(C)c1. The van der Waals surface area contributed by atoms with Crippen LogP contribution < -0.4 is 10.1 Å². The molecule has 0 amide bonds. The van der Waals surface area contributed by atoms with Crippen molar-refractivity contribution in [3.05, 3.63) is 53.6 Å². The zero-order chi connectivity index (χ0) is 14.5. The minimum Gasteiger partial charge on any atom is -0.491 e. The first-order valence-electron chi connectivity index (χ1n) is 7.11. The fourth-order valence-electron chi connectivity index (χ4n) is 2.37. The lowest BCUT2D eigenvalue weighted by Crippen LogP contribution is -2.05. The zero-order valence-electron chi connectivity index (χ0n) is 12.7. The monoisotopic (exact) mass is 269 g/mol. The summed E-state index contributed by atoms with van der Waals surface area (Å²) in [5, 5.41) is 3.18. The van der Waals surface area contributed by atoms with E-state index in [0.717, 1.165) is 12.3 Å². The minimum absolute atomic E-state index is 0.198. The molecule has 0 saturated carbocycles. The summed E-state index contributed by atoms with van der Waals surface area (Å²) in [5.74, 6) is 0.927. The smallest absolute Gasteiger partial charge is 0.120 e. The van der Waals surface area contributed by atoms with Crippen molar-refractivity contribution in [2.75, 3.05) is 7.05 Å². The first-order valence-corrected chi connectivity index (χ1v) is 7.11. The summed E-state index contributed by atoms with van der Waals surface area (Å²) in [5.41, 5.74) is 5.07. The molecule has 0 fully saturated rings. The number of benzene rings is 2. The molecule has 0 saturated heterocycles. The maximum absolute atomic E-state index is 5.77. The third-order valence-electron chi connectivity index (χ3n) is 3.19. The third kappa shape index (κ3) is 3.61. The van der Waals surface area contributed by atoms with Crippen LogP contribution in [-0.2, 0) is 6.54 Å². The normalized spacial score (nSPS) is 10.8. The van der Waals surface area contributed by atoms with Crippen LogP contribution in [0.4, 0.5) is 0 Å². The van der Waals surface area contributed by atoms with Crippen molar-refractivity contribution in [3.8, 4) is 16.9 Å². The molecule has 0 spiro atoms. The molecule has 2 aromatic rings. The molecule has 0 aliphatic heterocycles.